The summed E-state index contributed by atoms with van der Waals surface area (Å²) in [5, 5.41) is 0.248. The third-order valence-electron chi connectivity index (χ3n) is 5.55. The monoisotopic (exact) mass is 485 g/mol. The molecule has 0 radical (unpaired) electrons. The minimum absolute atomic E-state index is 0.0934. The van der Waals surface area contributed by atoms with Crippen LogP contribution in [0.15, 0.2) is 59.6 Å². The van der Waals surface area contributed by atoms with Crippen LogP contribution in [-0.4, -0.2) is 26.4 Å². The predicted molar refractivity (Wildman–Crippen MR) is 129 cm³/mol. The number of halogens is 1. The lowest BCUT2D eigenvalue weighted by Crippen LogP contribution is -2.24. The lowest BCUT2D eigenvalue weighted by Gasteiger charge is -2.19. The molecule has 1 aliphatic rings. The highest BCUT2D eigenvalue weighted by atomic mass is 35.5. The summed E-state index contributed by atoms with van der Waals surface area (Å²) in [6.07, 6.45) is 1.56. The number of methoxy groups -OCH3 is 1. The van der Waals surface area contributed by atoms with E-state index in [4.69, 9.17) is 16.3 Å². The first kappa shape index (κ1) is 23.1. The minimum Gasteiger partial charge on any atom is -0.480 e. The van der Waals surface area contributed by atoms with Crippen molar-refractivity contribution in [1.29, 1.82) is 0 Å². The van der Waals surface area contributed by atoms with Crippen LogP contribution in [0.5, 0.6) is 5.88 Å². The molecule has 0 aliphatic carbocycles. The Morgan fingerprint density at radius 2 is 1.79 bits per heavy atom. The maximum absolute atomic E-state index is 13.2. The average molecular weight is 486 g/mol. The van der Waals surface area contributed by atoms with Crippen molar-refractivity contribution in [2.45, 2.75) is 37.6 Å². The molecular formula is C24H24ClN3O4S. The second-order valence-corrected chi connectivity index (χ2v) is 10.8. The van der Waals surface area contributed by atoms with Crippen molar-refractivity contribution in [3.05, 3.63) is 76.4 Å². The van der Waals surface area contributed by atoms with E-state index in [2.05, 4.69) is 30.5 Å². The van der Waals surface area contributed by atoms with Gasteiger partial charge < -0.3 is 4.74 Å². The van der Waals surface area contributed by atoms with Crippen molar-refractivity contribution in [3.63, 3.8) is 0 Å². The summed E-state index contributed by atoms with van der Waals surface area (Å²) in [4.78, 5) is 18.9. The van der Waals surface area contributed by atoms with Crippen molar-refractivity contribution in [2.24, 2.45) is 0 Å². The van der Waals surface area contributed by atoms with Crippen molar-refractivity contribution < 1.29 is 17.9 Å². The Hall–Kier alpha value is -3.10. The van der Waals surface area contributed by atoms with E-state index in [0.29, 0.717) is 16.9 Å². The fourth-order valence-corrected chi connectivity index (χ4v) is 5.10. The molecule has 0 bridgehead atoms. The van der Waals surface area contributed by atoms with Gasteiger partial charge in [0.1, 0.15) is 5.69 Å². The van der Waals surface area contributed by atoms with E-state index in [1.54, 1.807) is 48.7 Å². The quantitative estimate of drug-likeness (QED) is 0.549. The Morgan fingerprint density at radius 3 is 2.42 bits per heavy atom. The molecule has 1 aliphatic heterocycles. The van der Waals surface area contributed by atoms with E-state index in [0.717, 1.165) is 5.56 Å². The van der Waals surface area contributed by atoms with Crippen LogP contribution in [0.4, 0.5) is 11.4 Å². The maximum Gasteiger partial charge on any atom is 0.261 e. The molecule has 33 heavy (non-hydrogen) atoms. The third kappa shape index (κ3) is 4.28. The number of pyridine rings is 1. The third-order valence-corrected chi connectivity index (χ3v) is 7.24. The summed E-state index contributed by atoms with van der Waals surface area (Å²) in [6, 6.07) is 13.3. The first-order chi connectivity index (χ1) is 15.5. The predicted octanol–water partition coefficient (Wildman–Crippen LogP) is 5.00. The van der Waals surface area contributed by atoms with Gasteiger partial charge in [-0.25, -0.2) is 13.4 Å². The number of rotatable bonds is 5. The van der Waals surface area contributed by atoms with E-state index in [-0.39, 0.29) is 39.2 Å². The van der Waals surface area contributed by atoms with Gasteiger partial charge in [0, 0.05) is 11.8 Å². The van der Waals surface area contributed by atoms with E-state index in [1.807, 2.05) is 0 Å². The van der Waals surface area contributed by atoms with Gasteiger partial charge in [0.05, 0.1) is 34.8 Å². The zero-order chi connectivity index (χ0) is 24.0. The van der Waals surface area contributed by atoms with Crippen molar-refractivity contribution in [3.8, 4) is 5.88 Å². The van der Waals surface area contributed by atoms with Gasteiger partial charge in [0.25, 0.3) is 15.9 Å². The van der Waals surface area contributed by atoms with Crippen LogP contribution in [0.25, 0.3) is 0 Å². The van der Waals surface area contributed by atoms with Crippen LogP contribution in [0.1, 0.15) is 42.3 Å². The van der Waals surface area contributed by atoms with Gasteiger partial charge in [-0.2, -0.15) is 0 Å². The first-order valence-electron chi connectivity index (χ1n) is 10.3. The zero-order valence-corrected chi connectivity index (χ0v) is 20.3. The molecule has 0 saturated carbocycles. The number of hydrogen-bond donors (Lipinski definition) is 1. The molecule has 0 fully saturated rings. The van der Waals surface area contributed by atoms with E-state index in [9.17, 15) is 13.2 Å². The average Bonchev–Trinajstić information content (AvgIpc) is 3.13. The molecule has 9 heteroatoms. The van der Waals surface area contributed by atoms with Crippen LogP contribution in [0, 0.1) is 0 Å². The number of sulfonamides is 1. The smallest absolute Gasteiger partial charge is 0.261 e. The highest BCUT2D eigenvalue weighted by molar-refractivity contribution is 7.92. The Balaban J connectivity index is 1.69. The van der Waals surface area contributed by atoms with Gasteiger partial charge in [-0.1, -0.05) is 44.5 Å². The summed E-state index contributed by atoms with van der Waals surface area (Å²) in [5.41, 5.74) is 2.46. The molecule has 1 aromatic heterocycles. The number of nitrogens with zero attached hydrogens (tertiary/aromatic N) is 2. The summed E-state index contributed by atoms with van der Waals surface area (Å²) < 4.78 is 34.1. The van der Waals surface area contributed by atoms with Crippen LogP contribution >= 0.6 is 11.6 Å². The number of benzene rings is 2. The number of fused-ring (bicyclic) bond motifs is 1. The summed E-state index contributed by atoms with van der Waals surface area (Å²) in [7, 11) is -2.41. The molecule has 4 rings (SSSR count). The lowest BCUT2D eigenvalue weighted by atomic mass is 9.87. The van der Waals surface area contributed by atoms with Gasteiger partial charge in [0.15, 0.2) is 0 Å². The summed E-state index contributed by atoms with van der Waals surface area (Å²) >= 11 is 6.34. The van der Waals surface area contributed by atoms with E-state index in [1.165, 1.54) is 18.1 Å². The zero-order valence-electron chi connectivity index (χ0n) is 18.7. The molecule has 0 saturated heterocycles. The SMILES string of the molecule is COc1ncccc1N1Cc2c(NS(=O)(=O)c3ccc(C(C)(C)C)cc3)ccc(Cl)c2C1=O. The van der Waals surface area contributed by atoms with Gasteiger partial charge in [-0.3, -0.25) is 14.4 Å². The molecule has 0 spiro atoms. The number of ether oxygens (including phenoxy) is 1. The Kier molecular flexibility index (Phi) is 5.84. The molecule has 0 unspecified atom stereocenters. The molecule has 2 aromatic carbocycles. The molecule has 3 aromatic rings. The normalized spacial score (nSPS) is 13.7. The lowest BCUT2D eigenvalue weighted by molar-refractivity contribution is 0.0996. The number of anilines is 2. The Morgan fingerprint density at radius 1 is 1.09 bits per heavy atom. The van der Waals surface area contributed by atoms with Gasteiger partial charge in [0.2, 0.25) is 5.88 Å². The number of carbonyl (C=O) groups excluding carboxylic acids is 1. The number of carbonyl (C=O) groups is 1. The molecule has 172 valence electrons. The Bertz CT molecular complexity index is 1330. The highest BCUT2D eigenvalue weighted by Crippen LogP contribution is 2.39. The summed E-state index contributed by atoms with van der Waals surface area (Å²) in [5.74, 6) is -0.0623. The molecular weight excluding hydrogens is 462 g/mol. The second-order valence-electron chi connectivity index (χ2n) is 8.75. The van der Waals surface area contributed by atoms with Crippen molar-refractivity contribution in [2.75, 3.05) is 16.7 Å². The van der Waals surface area contributed by atoms with Gasteiger partial charge >= 0.3 is 0 Å². The fraction of sp³-hybridized carbons (Fsp3) is 0.250. The number of hydrogen-bond acceptors (Lipinski definition) is 5. The van der Waals surface area contributed by atoms with Crippen LogP contribution in [0.2, 0.25) is 5.02 Å². The largest absolute Gasteiger partial charge is 0.480 e. The van der Waals surface area contributed by atoms with Crippen LogP contribution < -0.4 is 14.4 Å². The van der Waals surface area contributed by atoms with E-state index < -0.39 is 10.0 Å². The molecule has 2 heterocycles. The van der Waals surface area contributed by atoms with Crippen LogP contribution in [0.3, 0.4) is 0 Å². The van der Waals surface area contributed by atoms with Gasteiger partial charge in [-0.15, -0.1) is 0 Å². The van der Waals surface area contributed by atoms with Gasteiger partial charge in [-0.05, 0) is 47.4 Å². The molecule has 7 nitrogen and oxygen atoms in total. The first-order valence-corrected chi connectivity index (χ1v) is 12.1. The van der Waals surface area contributed by atoms with E-state index >= 15 is 0 Å². The van der Waals surface area contributed by atoms with Crippen molar-refractivity contribution >= 4 is 38.9 Å². The molecule has 1 N–H and O–H groups in total. The topological polar surface area (TPSA) is 88.6 Å². The van der Waals surface area contributed by atoms with Crippen LogP contribution in [-0.2, 0) is 22.0 Å². The molecule has 1 amide bonds. The maximum atomic E-state index is 13.2. The molecule has 0 atom stereocenters. The highest BCUT2D eigenvalue weighted by Gasteiger charge is 2.35. The van der Waals surface area contributed by atoms with Crippen molar-refractivity contribution in [1.82, 2.24) is 4.98 Å². The number of amides is 1. The Labute approximate surface area is 198 Å². The number of nitrogens with one attached hydrogen (secondary N) is 1. The second kappa shape index (κ2) is 8.35. The summed E-state index contributed by atoms with van der Waals surface area (Å²) in [6.45, 7) is 6.31. The number of aromatic nitrogens is 1. The minimum atomic E-state index is -3.88. The standard InChI is InChI=1S/C24H24ClN3O4S/c1-24(2,3)15-7-9-16(10-8-15)33(30,31)27-19-12-11-18(25)21-17(19)14-28(23(21)29)20-6-5-13-26-22(20)32-4/h5-13,27H,14H2,1-4H3. The fourth-order valence-electron chi connectivity index (χ4n) is 3.75.